The van der Waals surface area contributed by atoms with Crippen LogP contribution in [0.4, 0.5) is 4.39 Å². The van der Waals surface area contributed by atoms with E-state index >= 15 is 0 Å². The van der Waals surface area contributed by atoms with Gasteiger partial charge in [-0.3, -0.25) is 0 Å². The van der Waals surface area contributed by atoms with Crippen molar-refractivity contribution in [2.45, 2.75) is 50.8 Å². The lowest BCUT2D eigenvalue weighted by Crippen LogP contribution is -2.51. The third-order valence-electron chi connectivity index (χ3n) is 7.53. The molecule has 0 saturated carbocycles. The van der Waals surface area contributed by atoms with Crippen molar-refractivity contribution in [1.29, 1.82) is 0 Å². The van der Waals surface area contributed by atoms with E-state index in [-0.39, 0.29) is 11.2 Å². The van der Waals surface area contributed by atoms with Gasteiger partial charge in [-0.1, -0.05) is 38.5 Å². The van der Waals surface area contributed by atoms with Gasteiger partial charge in [-0.05, 0) is 78.8 Å². The van der Waals surface area contributed by atoms with Crippen LogP contribution in [0, 0.1) is 11.2 Å². The standard InChI is InChI=1S/C29H34FN3O3S/c1-5-36-20-29-17-21-18-31-33(25-10-8-24(30)9-11-25)27(21)16-23(29)14-15-32(19-29)37(34,35)26-12-6-22(7-13-26)28(2,3)4/h6-13,16,18H,5,14-15,17,19-20H2,1-4H3. The van der Waals surface area contributed by atoms with Gasteiger partial charge in [0.2, 0.25) is 10.0 Å². The molecule has 2 heterocycles. The molecule has 6 nitrogen and oxygen atoms in total. The maximum Gasteiger partial charge on any atom is 0.243 e. The Hall–Kier alpha value is -2.81. The predicted octanol–water partition coefficient (Wildman–Crippen LogP) is 5.37. The van der Waals surface area contributed by atoms with Gasteiger partial charge in [-0.25, -0.2) is 17.5 Å². The Labute approximate surface area is 218 Å². The topological polar surface area (TPSA) is 64.4 Å². The summed E-state index contributed by atoms with van der Waals surface area (Å²) >= 11 is 0. The number of ether oxygens (including phenoxy) is 1. The van der Waals surface area contributed by atoms with Gasteiger partial charge in [0.1, 0.15) is 5.82 Å². The van der Waals surface area contributed by atoms with Crippen molar-refractivity contribution in [1.82, 2.24) is 14.1 Å². The molecule has 0 N–H and O–H groups in total. The second-order valence-electron chi connectivity index (χ2n) is 11.1. The van der Waals surface area contributed by atoms with Crippen molar-refractivity contribution < 1.29 is 17.5 Å². The van der Waals surface area contributed by atoms with Gasteiger partial charge in [0.25, 0.3) is 0 Å². The molecule has 196 valence electrons. The number of nitrogens with zero attached hydrogens (tertiary/aromatic N) is 3. The van der Waals surface area contributed by atoms with Crippen molar-refractivity contribution in [3.05, 3.63) is 82.9 Å². The predicted molar refractivity (Wildman–Crippen MR) is 143 cm³/mol. The van der Waals surface area contributed by atoms with Crippen LogP contribution in [-0.2, 0) is 26.6 Å². The van der Waals surface area contributed by atoms with Crippen LogP contribution in [-0.4, -0.2) is 48.8 Å². The lowest BCUT2D eigenvalue weighted by Gasteiger charge is -2.45. The first kappa shape index (κ1) is 25.8. The molecule has 0 spiro atoms. The highest BCUT2D eigenvalue weighted by molar-refractivity contribution is 7.89. The maximum absolute atomic E-state index is 13.7. The average molecular weight is 524 g/mol. The SMILES string of the molecule is CCOCC12Cc3cnn(-c4ccc(F)cc4)c3C=C1CCN(S(=O)(=O)c1ccc(C(C)(C)C)cc1)C2. The van der Waals surface area contributed by atoms with Crippen LogP contribution in [0.1, 0.15) is 50.9 Å². The number of hydrogen-bond acceptors (Lipinski definition) is 4. The Morgan fingerprint density at radius 2 is 1.78 bits per heavy atom. The van der Waals surface area contributed by atoms with Gasteiger partial charge in [0.05, 0.1) is 29.1 Å². The molecule has 2 aliphatic rings. The van der Waals surface area contributed by atoms with Gasteiger partial charge in [-0.15, -0.1) is 0 Å². The van der Waals surface area contributed by atoms with Crippen molar-refractivity contribution in [3.8, 4) is 5.69 Å². The molecule has 1 fully saturated rings. The number of halogens is 1. The molecule has 3 aromatic rings. The van der Waals surface area contributed by atoms with Crippen LogP contribution < -0.4 is 0 Å². The van der Waals surface area contributed by atoms with Crippen LogP contribution in [0.5, 0.6) is 0 Å². The molecule has 1 aromatic heterocycles. The lowest BCUT2D eigenvalue weighted by atomic mass is 9.69. The molecule has 0 amide bonds. The van der Waals surface area contributed by atoms with Crippen molar-refractivity contribution in [3.63, 3.8) is 0 Å². The van der Waals surface area contributed by atoms with Crippen LogP contribution in [0.15, 0.2) is 65.2 Å². The van der Waals surface area contributed by atoms with E-state index < -0.39 is 15.4 Å². The normalized spacial score (nSPS) is 20.3. The van der Waals surface area contributed by atoms with Gasteiger partial charge < -0.3 is 4.74 Å². The Kier molecular flexibility index (Phi) is 6.63. The highest BCUT2D eigenvalue weighted by Crippen LogP contribution is 2.45. The summed E-state index contributed by atoms with van der Waals surface area (Å²) in [5.74, 6) is -0.291. The number of piperidine rings is 1. The average Bonchev–Trinajstić information content (AvgIpc) is 3.28. The van der Waals surface area contributed by atoms with E-state index in [1.807, 2.05) is 29.9 Å². The van der Waals surface area contributed by atoms with Crippen molar-refractivity contribution in [2.75, 3.05) is 26.3 Å². The molecular formula is C29H34FN3O3S. The Morgan fingerprint density at radius 3 is 2.43 bits per heavy atom. The zero-order valence-corrected chi connectivity index (χ0v) is 22.7. The summed E-state index contributed by atoms with van der Waals surface area (Å²) in [6.07, 6.45) is 5.21. The first-order chi connectivity index (χ1) is 17.5. The zero-order chi connectivity index (χ0) is 26.4. The molecule has 1 aliphatic heterocycles. The molecule has 8 heteroatoms. The highest BCUT2D eigenvalue weighted by atomic mass is 32.2. The molecule has 0 radical (unpaired) electrons. The molecule has 2 aromatic carbocycles. The number of aromatic nitrogens is 2. The molecule has 0 bridgehead atoms. The van der Waals surface area contributed by atoms with E-state index in [0.717, 1.165) is 22.5 Å². The fourth-order valence-electron chi connectivity index (χ4n) is 5.39. The smallest absolute Gasteiger partial charge is 0.243 e. The monoisotopic (exact) mass is 523 g/mol. The molecule has 37 heavy (non-hydrogen) atoms. The molecule has 1 aliphatic carbocycles. The minimum absolute atomic E-state index is 0.0488. The zero-order valence-electron chi connectivity index (χ0n) is 21.9. The molecule has 5 rings (SSSR count). The second kappa shape index (κ2) is 9.49. The fraction of sp³-hybridized carbons (Fsp3) is 0.414. The van der Waals surface area contributed by atoms with E-state index in [1.54, 1.807) is 28.6 Å². The van der Waals surface area contributed by atoms with Crippen LogP contribution in [0.2, 0.25) is 0 Å². The summed E-state index contributed by atoms with van der Waals surface area (Å²) in [7, 11) is -3.66. The van der Waals surface area contributed by atoms with Crippen LogP contribution in [0.3, 0.4) is 0 Å². The molecule has 1 saturated heterocycles. The first-order valence-corrected chi connectivity index (χ1v) is 14.2. The van der Waals surface area contributed by atoms with E-state index in [4.69, 9.17) is 4.74 Å². The number of sulfonamides is 1. The number of fused-ring (bicyclic) bond motifs is 2. The van der Waals surface area contributed by atoms with Gasteiger partial charge in [0, 0.05) is 25.1 Å². The summed E-state index contributed by atoms with van der Waals surface area (Å²) in [5, 5.41) is 4.59. The van der Waals surface area contributed by atoms with Crippen molar-refractivity contribution >= 4 is 16.1 Å². The lowest BCUT2D eigenvalue weighted by molar-refractivity contribution is 0.0477. The first-order valence-electron chi connectivity index (χ1n) is 12.8. The largest absolute Gasteiger partial charge is 0.381 e. The van der Waals surface area contributed by atoms with E-state index in [9.17, 15) is 12.8 Å². The molecule has 1 atom stereocenters. The van der Waals surface area contributed by atoms with Gasteiger partial charge >= 0.3 is 0 Å². The van der Waals surface area contributed by atoms with Gasteiger partial charge in [-0.2, -0.15) is 9.40 Å². The summed E-state index contributed by atoms with van der Waals surface area (Å²) in [5.41, 5.74) is 4.54. The number of hydrogen-bond donors (Lipinski definition) is 0. The fourth-order valence-corrected chi connectivity index (χ4v) is 6.92. The third kappa shape index (κ3) is 4.78. The Balaban J connectivity index is 1.47. The van der Waals surface area contributed by atoms with Crippen molar-refractivity contribution in [2.24, 2.45) is 5.41 Å². The minimum Gasteiger partial charge on any atom is -0.381 e. The number of benzene rings is 2. The quantitative estimate of drug-likeness (QED) is 0.436. The van der Waals surface area contributed by atoms with E-state index in [0.29, 0.717) is 44.0 Å². The highest BCUT2D eigenvalue weighted by Gasteiger charge is 2.46. The minimum atomic E-state index is -3.66. The van der Waals surface area contributed by atoms with E-state index in [2.05, 4.69) is 31.9 Å². The summed E-state index contributed by atoms with van der Waals surface area (Å²) in [6.45, 7) is 10.0. The summed E-state index contributed by atoms with van der Waals surface area (Å²) < 4.78 is 50.3. The molecular weight excluding hydrogens is 489 g/mol. The number of rotatable bonds is 6. The molecule has 1 unspecified atom stereocenters. The maximum atomic E-state index is 13.7. The Morgan fingerprint density at radius 1 is 1.08 bits per heavy atom. The Bertz CT molecular complexity index is 1420. The summed E-state index contributed by atoms with van der Waals surface area (Å²) in [4.78, 5) is 0.320. The second-order valence-corrected chi connectivity index (χ2v) is 13.0. The summed E-state index contributed by atoms with van der Waals surface area (Å²) in [6, 6.07) is 13.5. The van der Waals surface area contributed by atoms with Crippen LogP contribution >= 0.6 is 0 Å². The van der Waals surface area contributed by atoms with E-state index in [1.165, 1.54) is 17.7 Å². The van der Waals surface area contributed by atoms with Gasteiger partial charge in [0.15, 0.2) is 0 Å². The third-order valence-corrected chi connectivity index (χ3v) is 9.39. The van der Waals surface area contributed by atoms with Crippen LogP contribution in [0.25, 0.3) is 11.8 Å².